The lowest BCUT2D eigenvalue weighted by Gasteiger charge is -2.26. The first-order valence-corrected chi connectivity index (χ1v) is 24.8. The van der Waals surface area contributed by atoms with E-state index in [9.17, 15) is 0 Å². The Labute approximate surface area is 403 Å². The predicted molar refractivity (Wildman–Crippen MR) is 293 cm³/mol. The quantitative estimate of drug-likeness (QED) is 0.156. The van der Waals surface area contributed by atoms with E-state index in [1.165, 1.54) is 86.1 Å². The van der Waals surface area contributed by atoms with Gasteiger partial charge in [-0.15, -0.1) is 0 Å². The SMILES string of the molecule is c1ccc2c(c1)ccc1ccc(-c3ccc4cc(N(c5ccc(-c6ccc7c(c6)sc6nc8ccccc8n67)cc5)c5ccc(-c6ccc7c(c6)sc6nc8ccccc8n67)cc5)ccc4c3)cc12. The summed E-state index contributed by atoms with van der Waals surface area (Å²) in [6, 6.07) is 82.0. The molecule has 0 N–H and O–H groups in total. The van der Waals surface area contributed by atoms with E-state index >= 15 is 0 Å². The maximum Gasteiger partial charge on any atom is 0.195 e. The minimum absolute atomic E-state index is 1.02. The average molecular weight is 916 g/mol. The van der Waals surface area contributed by atoms with Crippen molar-refractivity contribution in [1.29, 1.82) is 0 Å². The van der Waals surface area contributed by atoms with Gasteiger partial charge in [0.2, 0.25) is 0 Å². The summed E-state index contributed by atoms with van der Waals surface area (Å²) in [5, 5.41) is 7.47. The van der Waals surface area contributed by atoms with Crippen LogP contribution in [0.4, 0.5) is 17.1 Å². The number of para-hydroxylation sites is 4. The number of anilines is 3. The summed E-state index contributed by atoms with van der Waals surface area (Å²) in [6.07, 6.45) is 0. The van der Waals surface area contributed by atoms with Crippen molar-refractivity contribution >= 4 is 124 Å². The Bertz CT molecular complexity index is 4360. The molecule has 0 unspecified atom stereocenters. The van der Waals surface area contributed by atoms with Crippen LogP contribution in [-0.4, -0.2) is 18.8 Å². The van der Waals surface area contributed by atoms with E-state index in [0.717, 1.165) is 49.1 Å². The van der Waals surface area contributed by atoms with Gasteiger partial charge in [-0.3, -0.25) is 8.80 Å². The number of aromatic nitrogens is 4. The number of rotatable bonds is 6. The zero-order chi connectivity index (χ0) is 45.2. The number of nitrogens with zero attached hydrogens (tertiary/aromatic N) is 5. The second-order valence-corrected chi connectivity index (χ2v) is 19.9. The molecule has 322 valence electrons. The van der Waals surface area contributed by atoms with Crippen molar-refractivity contribution in [3.63, 3.8) is 0 Å². The fourth-order valence-corrected chi connectivity index (χ4v) is 12.7. The highest BCUT2D eigenvalue weighted by atomic mass is 32.1. The molecule has 0 aliphatic heterocycles. The highest BCUT2D eigenvalue weighted by Crippen LogP contribution is 2.41. The largest absolute Gasteiger partial charge is 0.310 e. The Morgan fingerprint density at radius 3 is 1.36 bits per heavy atom. The monoisotopic (exact) mass is 915 g/mol. The Balaban J connectivity index is 0.801. The molecule has 0 aliphatic carbocycles. The van der Waals surface area contributed by atoms with Crippen LogP contribution < -0.4 is 4.90 Å². The van der Waals surface area contributed by atoms with Crippen molar-refractivity contribution in [3.8, 4) is 33.4 Å². The molecule has 0 radical (unpaired) electrons. The lowest BCUT2D eigenvalue weighted by atomic mass is 9.96. The normalized spacial score (nSPS) is 12.1. The highest BCUT2D eigenvalue weighted by Gasteiger charge is 2.18. The first kappa shape index (κ1) is 38.5. The lowest BCUT2D eigenvalue weighted by molar-refractivity contribution is 1.29. The molecule has 0 saturated carbocycles. The Morgan fingerprint density at radius 1 is 0.304 bits per heavy atom. The van der Waals surface area contributed by atoms with Crippen LogP contribution in [0, 0.1) is 0 Å². The lowest BCUT2D eigenvalue weighted by Crippen LogP contribution is -2.09. The maximum atomic E-state index is 4.92. The summed E-state index contributed by atoms with van der Waals surface area (Å²) in [4.78, 5) is 14.3. The third-order valence-electron chi connectivity index (χ3n) is 13.9. The number of benzene rings is 11. The maximum absolute atomic E-state index is 4.92. The molecule has 0 aliphatic rings. The molecule has 11 aromatic carbocycles. The third kappa shape index (κ3) is 6.14. The standard InChI is InChI=1S/C62H37N5S2/c1-2-8-51-40(7-1)13-14-41-15-16-45(35-52(41)51)42-17-18-44-34-50(30-23-43(44)33-42)65(48-26-19-38(20-27-48)46-24-31-57-59(36-46)68-61-63-53-9-3-5-11-55(53)66(57)61)49-28-21-39(22-29-49)47-25-32-58-60(37-47)69-62-64-54-10-4-6-12-56(54)67(58)62/h1-37H. The molecule has 7 heteroatoms. The van der Waals surface area contributed by atoms with Gasteiger partial charge in [0.05, 0.1) is 42.5 Å². The summed E-state index contributed by atoms with van der Waals surface area (Å²) < 4.78 is 7.01. The molecule has 15 rings (SSSR count). The van der Waals surface area contributed by atoms with Gasteiger partial charge >= 0.3 is 0 Å². The van der Waals surface area contributed by atoms with Crippen molar-refractivity contribution in [2.24, 2.45) is 0 Å². The second-order valence-electron chi connectivity index (χ2n) is 17.9. The van der Waals surface area contributed by atoms with E-state index in [4.69, 9.17) is 9.97 Å². The molecule has 0 fully saturated rings. The Hall–Kier alpha value is -8.62. The third-order valence-corrected chi connectivity index (χ3v) is 16.0. The van der Waals surface area contributed by atoms with E-state index in [2.05, 4.69) is 238 Å². The number of hydrogen-bond donors (Lipinski definition) is 0. The van der Waals surface area contributed by atoms with Gasteiger partial charge in [0.25, 0.3) is 0 Å². The predicted octanol–water partition coefficient (Wildman–Crippen LogP) is 17.6. The molecule has 4 heterocycles. The molecule has 4 aromatic heterocycles. The first-order valence-electron chi connectivity index (χ1n) is 23.2. The average Bonchev–Trinajstić information content (AvgIpc) is 4.16. The molecule has 0 bridgehead atoms. The van der Waals surface area contributed by atoms with Crippen LogP contribution in [0.5, 0.6) is 0 Å². The van der Waals surface area contributed by atoms with Crippen molar-refractivity contribution in [1.82, 2.24) is 18.8 Å². The Morgan fingerprint density at radius 2 is 0.739 bits per heavy atom. The highest BCUT2D eigenvalue weighted by molar-refractivity contribution is 7.24. The molecule has 5 nitrogen and oxygen atoms in total. The van der Waals surface area contributed by atoms with Gasteiger partial charge in [-0.05, 0) is 163 Å². The summed E-state index contributed by atoms with van der Waals surface area (Å²) in [5.41, 5.74) is 17.1. The Kier molecular flexibility index (Phi) is 8.33. The number of hydrogen-bond acceptors (Lipinski definition) is 5. The minimum Gasteiger partial charge on any atom is -0.310 e. The van der Waals surface area contributed by atoms with Gasteiger partial charge in [-0.25, -0.2) is 9.97 Å². The number of fused-ring (bicyclic) bond motifs is 14. The van der Waals surface area contributed by atoms with E-state index in [1.807, 2.05) is 0 Å². The van der Waals surface area contributed by atoms with Crippen LogP contribution in [0.2, 0.25) is 0 Å². The van der Waals surface area contributed by atoms with E-state index < -0.39 is 0 Å². The molecule has 0 atom stereocenters. The van der Waals surface area contributed by atoms with Crippen LogP contribution in [0.25, 0.3) is 118 Å². The number of thiazole rings is 2. The topological polar surface area (TPSA) is 37.8 Å². The fourth-order valence-electron chi connectivity index (χ4n) is 10.5. The van der Waals surface area contributed by atoms with Crippen LogP contribution in [0.1, 0.15) is 0 Å². The molecule has 0 amide bonds. The van der Waals surface area contributed by atoms with Gasteiger partial charge < -0.3 is 4.90 Å². The molecule has 0 saturated heterocycles. The van der Waals surface area contributed by atoms with Gasteiger partial charge in [0.1, 0.15) is 0 Å². The van der Waals surface area contributed by atoms with Crippen LogP contribution in [0.3, 0.4) is 0 Å². The van der Waals surface area contributed by atoms with Gasteiger partial charge in [-0.2, -0.15) is 0 Å². The van der Waals surface area contributed by atoms with Crippen LogP contribution in [0.15, 0.2) is 224 Å². The molecule has 69 heavy (non-hydrogen) atoms. The molecular weight excluding hydrogens is 879 g/mol. The second kappa shape index (κ2) is 14.9. The molecule has 0 spiro atoms. The summed E-state index contributed by atoms with van der Waals surface area (Å²) in [6.45, 7) is 0. The first-order chi connectivity index (χ1) is 34.1. The van der Waals surface area contributed by atoms with Crippen molar-refractivity contribution < 1.29 is 0 Å². The summed E-state index contributed by atoms with van der Waals surface area (Å²) in [5.74, 6) is 0. The van der Waals surface area contributed by atoms with E-state index in [1.54, 1.807) is 22.7 Å². The summed E-state index contributed by atoms with van der Waals surface area (Å²) >= 11 is 3.48. The van der Waals surface area contributed by atoms with Crippen LogP contribution in [-0.2, 0) is 0 Å². The zero-order valence-electron chi connectivity index (χ0n) is 36.9. The molecular formula is C62H37N5S2. The summed E-state index contributed by atoms with van der Waals surface area (Å²) in [7, 11) is 0. The van der Waals surface area contributed by atoms with Gasteiger partial charge in [0, 0.05) is 17.1 Å². The van der Waals surface area contributed by atoms with Gasteiger partial charge in [0.15, 0.2) is 9.92 Å². The van der Waals surface area contributed by atoms with Crippen molar-refractivity contribution in [3.05, 3.63) is 224 Å². The minimum atomic E-state index is 1.02. The smallest absolute Gasteiger partial charge is 0.195 e. The van der Waals surface area contributed by atoms with Crippen molar-refractivity contribution in [2.75, 3.05) is 4.90 Å². The van der Waals surface area contributed by atoms with Crippen molar-refractivity contribution in [2.45, 2.75) is 0 Å². The van der Waals surface area contributed by atoms with Gasteiger partial charge in [-0.1, -0.05) is 150 Å². The number of imidazole rings is 2. The van der Waals surface area contributed by atoms with E-state index in [0.29, 0.717) is 0 Å². The molecule has 15 aromatic rings. The van der Waals surface area contributed by atoms with E-state index in [-0.39, 0.29) is 0 Å². The van der Waals surface area contributed by atoms with Crippen LogP contribution >= 0.6 is 22.7 Å². The fraction of sp³-hybridized carbons (Fsp3) is 0. The zero-order valence-corrected chi connectivity index (χ0v) is 38.5.